The molecule has 0 fully saturated rings. The monoisotopic (exact) mass is 178 g/mol. The minimum atomic E-state index is 0. The zero-order valence-electron chi connectivity index (χ0n) is 2.21. The molecule has 0 aliphatic rings. The molecule has 0 heterocycles. The number of hydrogen-bond donors (Lipinski definition) is 0. The Morgan fingerprint density at radius 3 is 0.500 bits per heavy atom. The van der Waals surface area contributed by atoms with Crippen LogP contribution in [0.25, 0.3) is 0 Å². The van der Waals surface area contributed by atoms with Gasteiger partial charge in [-0.25, -0.2) is 0 Å². The van der Waals surface area contributed by atoms with Gasteiger partial charge in [0.1, 0.15) is 0 Å². The van der Waals surface area contributed by atoms with Crippen LogP contribution < -0.4 is 0 Å². The van der Waals surface area contributed by atoms with E-state index in [9.17, 15) is 0 Å². The van der Waals surface area contributed by atoms with Gasteiger partial charge < -0.3 is 16.4 Å². The van der Waals surface area contributed by atoms with Gasteiger partial charge >= 0.3 is 0 Å². The van der Waals surface area contributed by atoms with Crippen LogP contribution in [0.15, 0.2) is 0 Å². The van der Waals surface area contributed by atoms with E-state index in [-0.39, 0.29) is 70.6 Å². The number of rotatable bonds is 0. The van der Waals surface area contributed by atoms with E-state index >= 15 is 0 Å². The van der Waals surface area contributed by atoms with Crippen LogP contribution in [0.1, 0.15) is 0 Å². The van der Waals surface area contributed by atoms with E-state index in [4.69, 9.17) is 0 Å². The van der Waals surface area contributed by atoms with Crippen molar-refractivity contribution in [3.8, 4) is 0 Å². The molecule has 0 aromatic carbocycles. The third-order valence-corrected chi connectivity index (χ3v) is 0. The fourth-order valence-electron chi connectivity index (χ4n) is 0. The van der Waals surface area contributed by atoms with Gasteiger partial charge in [0.25, 0.3) is 0 Å². The molecule has 0 bridgehead atoms. The van der Waals surface area contributed by atoms with Gasteiger partial charge in [-0.2, -0.15) is 0 Å². The molecule has 0 spiro atoms. The second-order valence-corrected chi connectivity index (χ2v) is 0. The Kier molecular flexibility index (Phi) is 1830. The first-order chi connectivity index (χ1) is 0. The average Bonchev–Trinajstić information content (AvgIpc) is 0. The van der Waals surface area contributed by atoms with Crippen LogP contribution >= 0.6 is 0 Å². The summed E-state index contributed by atoms with van der Waals surface area (Å²) in [5.74, 6) is 0. The molecule has 0 atom stereocenters. The summed E-state index contributed by atoms with van der Waals surface area (Å²) in [7, 11) is 0. The third kappa shape index (κ3) is 47.2. The van der Waals surface area contributed by atoms with Gasteiger partial charge in [-0.1, -0.05) is 0 Å². The zero-order valence-corrected chi connectivity index (χ0v) is 5.17. The van der Waals surface area contributed by atoms with E-state index in [0.29, 0.717) is 0 Å². The van der Waals surface area contributed by atoms with Gasteiger partial charge in [0.15, 0.2) is 34.7 Å². The molecule has 0 rings (SSSR count). The quantitative estimate of drug-likeness (QED) is 0.334. The van der Waals surface area contributed by atoms with E-state index in [1.54, 1.807) is 0 Å². The molecule has 6 heteroatoms. The minimum Gasteiger partial charge on any atom is -0.412 e. The van der Waals surface area contributed by atoms with E-state index in [1.807, 2.05) is 0 Å². The molecule has 6 heavy (non-hydrogen) atoms. The van der Waals surface area contributed by atoms with E-state index in [2.05, 4.69) is 0 Å². The van der Waals surface area contributed by atoms with Crippen LogP contribution in [-0.4, -0.2) is 51.2 Å². The molecule has 38 valence electrons. The van der Waals surface area contributed by atoms with Gasteiger partial charge in [0.2, 0.25) is 0 Å². The molecule has 0 unspecified atom stereocenters. The standard InChI is InChI=1S/2Al.3H2O.Zn.6H/h;;3*1H2;;;;;;;. The van der Waals surface area contributed by atoms with Crippen molar-refractivity contribution in [1.82, 2.24) is 0 Å². The van der Waals surface area contributed by atoms with E-state index in [0.717, 1.165) is 0 Å². The maximum Gasteiger partial charge on any atom is 0.187 e. The first-order valence-corrected chi connectivity index (χ1v) is 0. The molecule has 0 aliphatic heterocycles. The SMILES string of the molecule is O.O.O.[AlH3].[AlH3].[Zn]. The van der Waals surface area contributed by atoms with Crippen molar-refractivity contribution >= 4 is 34.7 Å². The van der Waals surface area contributed by atoms with Crippen molar-refractivity contribution in [3.05, 3.63) is 0 Å². The zero-order chi connectivity index (χ0) is 0. The Hall–Kier alpha value is 1.57. The number of hydrogen-bond acceptors (Lipinski definition) is 0. The largest absolute Gasteiger partial charge is 0.412 e. The summed E-state index contributed by atoms with van der Waals surface area (Å²) in [6.45, 7) is 0. The summed E-state index contributed by atoms with van der Waals surface area (Å²) in [5, 5.41) is 0. The van der Waals surface area contributed by atoms with Crippen molar-refractivity contribution in [1.29, 1.82) is 0 Å². The Bertz CT molecular complexity index is 8.75. The molecule has 0 saturated heterocycles. The Morgan fingerprint density at radius 2 is 0.500 bits per heavy atom. The Balaban J connectivity index is 0. The fraction of sp³-hybridized carbons (Fsp3) is 0. The van der Waals surface area contributed by atoms with Crippen LogP contribution in [0.2, 0.25) is 0 Å². The minimum absolute atomic E-state index is 0. The maximum absolute atomic E-state index is 0. The Labute approximate surface area is 70.4 Å². The van der Waals surface area contributed by atoms with Crippen LogP contribution in [0.4, 0.5) is 0 Å². The molecular weight excluding hydrogens is 167 g/mol. The van der Waals surface area contributed by atoms with E-state index in [1.165, 1.54) is 0 Å². The summed E-state index contributed by atoms with van der Waals surface area (Å²) in [5.41, 5.74) is 0. The first kappa shape index (κ1) is 133. The van der Waals surface area contributed by atoms with Gasteiger partial charge in [0.05, 0.1) is 0 Å². The normalized spacial score (nSPS) is 0. The summed E-state index contributed by atoms with van der Waals surface area (Å²) >= 11 is 0. The topological polar surface area (TPSA) is 94.5 Å². The molecule has 0 amide bonds. The molecule has 6 N–H and O–H groups in total. The van der Waals surface area contributed by atoms with E-state index < -0.39 is 0 Å². The second kappa shape index (κ2) is 82.8. The van der Waals surface area contributed by atoms with Crippen LogP contribution in [0.5, 0.6) is 0 Å². The average molecular weight is 179 g/mol. The molecule has 0 aliphatic carbocycles. The fourth-order valence-corrected chi connectivity index (χ4v) is 0. The summed E-state index contributed by atoms with van der Waals surface area (Å²) < 4.78 is 0. The first-order valence-electron chi connectivity index (χ1n) is 0. The smallest absolute Gasteiger partial charge is 0.187 e. The second-order valence-electron chi connectivity index (χ2n) is 0. The van der Waals surface area contributed by atoms with Crippen LogP contribution in [0, 0.1) is 0 Å². The predicted octanol–water partition coefficient (Wildman–Crippen LogP) is -4.84. The van der Waals surface area contributed by atoms with Gasteiger partial charge in [-0.3, -0.25) is 0 Å². The summed E-state index contributed by atoms with van der Waals surface area (Å²) in [6.07, 6.45) is 0. The van der Waals surface area contributed by atoms with Gasteiger partial charge in [0, 0.05) is 19.5 Å². The molecule has 0 saturated carbocycles. The van der Waals surface area contributed by atoms with Crippen molar-refractivity contribution in [3.63, 3.8) is 0 Å². The molecule has 3 nitrogen and oxygen atoms in total. The third-order valence-electron chi connectivity index (χ3n) is 0. The summed E-state index contributed by atoms with van der Waals surface area (Å²) in [6, 6.07) is 0. The van der Waals surface area contributed by atoms with Gasteiger partial charge in [-0.05, 0) is 0 Å². The van der Waals surface area contributed by atoms with Crippen molar-refractivity contribution in [2.24, 2.45) is 0 Å². The molecule has 0 aromatic rings. The van der Waals surface area contributed by atoms with Crippen molar-refractivity contribution in [2.75, 3.05) is 0 Å². The molecular formula is H12Al2O3Zn. The van der Waals surface area contributed by atoms with Crippen molar-refractivity contribution in [2.45, 2.75) is 0 Å². The Morgan fingerprint density at radius 1 is 0.500 bits per heavy atom. The molecule has 0 radical (unpaired) electrons. The van der Waals surface area contributed by atoms with Crippen LogP contribution in [-0.2, 0) is 19.5 Å². The maximum atomic E-state index is 0. The molecule has 0 aromatic heterocycles. The predicted molar refractivity (Wildman–Crippen MR) is 30.7 cm³/mol. The van der Waals surface area contributed by atoms with Crippen molar-refractivity contribution < 1.29 is 35.9 Å². The van der Waals surface area contributed by atoms with Crippen LogP contribution in [0.3, 0.4) is 0 Å². The van der Waals surface area contributed by atoms with Gasteiger partial charge in [-0.15, -0.1) is 0 Å². The summed E-state index contributed by atoms with van der Waals surface area (Å²) in [4.78, 5) is 0.